The number of benzene rings is 2. The van der Waals surface area contributed by atoms with Crippen LogP contribution in [0.5, 0.6) is 5.75 Å². The molecule has 6 nitrogen and oxygen atoms in total. The van der Waals surface area contributed by atoms with E-state index in [2.05, 4.69) is 0 Å². The third kappa shape index (κ3) is 3.22. The Kier molecular flexibility index (Phi) is 4.77. The van der Waals surface area contributed by atoms with Crippen molar-refractivity contribution in [2.24, 2.45) is 0 Å². The Labute approximate surface area is 163 Å². The highest BCUT2D eigenvalue weighted by Crippen LogP contribution is 2.29. The van der Waals surface area contributed by atoms with Crippen molar-refractivity contribution in [3.05, 3.63) is 65.4 Å². The highest BCUT2D eigenvalue weighted by atomic mass is 16.5. The Hall–Kier alpha value is -3.28. The second kappa shape index (κ2) is 7.38. The van der Waals surface area contributed by atoms with E-state index in [4.69, 9.17) is 9.15 Å². The van der Waals surface area contributed by atoms with Crippen molar-refractivity contribution in [3.63, 3.8) is 0 Å². The third-order valence-corrected chi connectivity index (χ3v) is 5.21. The number of piperazine rings is 1. The summed E-state index contributed by atoms with van der Waals surface area (Å²) in [5.74, 6) is 0.939. The zero-order valence-corrected chi connectivity index (χ0v) is 16.0. The van der Waals surface area contributed by atoms with Crippen LogP contribution in [0.25, 0.3) is 11.0 Å². The SMILES string of the molecule is COc1ccc2oc(C(=O)N3CCN(C(=O)c4ccccc4)CC3)c(C)c2c1. The molecule has 0 unspecified atom stereocenters. The van der Waals surface area contributed by atoms with Gasteiger partial charge >= 0.3 is 0 Å². The lowest BCUT2D eigenvalue weighted by molar-refractivity contribution is 0.0519. The van der Waals surface area contributed by atoms with Crippen LogP contribution in [0.4, 0.5) is 0 Å². The van der Waals surface area contributed by atoms with Gasteiger partial charge in [-0.25, -0.2) is 0 Å². The molecule has 0 N–H and O–H groups in total. The van der Waals surface area contributed by atoms with Crippen LogP contribution in [0, 0.1) is 6.92 Å². The van der Waals surface area contributed by atoms with Crippen LogP contribution < -0.4 is 4.74 Å². The van der Waals surface area contributed by atoms with Crippen LogP contribution in [0.3, 0.4) is 0 Å². The first-order chi connectivity index (χ1) is 13.6. The van der Waals surface area contributed by atoms with Crippen LogP contribution in [0.1, 0.15) is 26.5 Å². The van der Waals surface area contributed by atoms with Crippen molar-refractivity contribution in [1.82, 2.24) is 9.80 Å². The number of carbonyl (C=O) groups is 2. The van der Waals surface area contributed by atoms with Gasteiger partial charge in [0.25, 0.3) is 11.8 Å². The third-order valence-electron chi connectivity index (χ3n) is 5.21. The second-order valence-corrected chi connectivity index (χ2v) is 6.87. The number of amides is 2. The lowest BCUT2D eigenvalue weighted by Gasteiger charge is -2.34. The summed E-state index contributed by atoms with van der Waals surface area (Å²) in [6.45, 7) is 3.86. The Morgan fingerprint density at radius 1 is 0.929 bits per heavy atom. The predicted octanol–water partition coefficient (Wildman–Crippen LogP) is 3.35. The maximum absolute atomic E-state index is 13.0. The molecule has 6 heteroatoms. The summed E-state index contributed by atoms with van der Waals surface area (Å²) < 4.78 is 11.1. The van der Waals surface area contributed by atoms with Gasteiger partial charge in [-0.3, -0.25) is 9.59 Å². The van der Waals surface area contributed by atoms with Crippen molar-refractivity contribution in [2.75, 3.05) is 33.3 Å². The van der Waals surface area contributed by atoms with Crippen LogP contribution in [-0.2, 0) is 0 Å². The molecule has 2 aromatic carbocycles. The maximum atomic E-state index is 13.0. The molecule has 3 aromatic rings. The Bertz CT molecular complexity index is 1020. The summed E-state index contributed by atoms with van der Waals surface area (Å²) in [6.07, 6.45) is 0. The zero-order chi connectivity index (χ0) is 19.7. The minimum Gasteiger partial charge on any atom is -0.497 e. The second-order valence-electron chi connectivity index (χ2n) is 6.87. The van der Waals surface area contributed by atoms with Crippen LogP contribution in [-0.4, -0.2) is 54.9 Å². The first-order valence-electron chi connectivity index (χ1n) is 9.29. The summed E-state index contributed by atoms with van der Waals surface area (Å²) >= 11 is 0. The number of nitrogens with zero attached hydrogens (tertiary/aromatic N) is 2. The fraction of sp³-hybridized carbons (Fsp3) is 0.273. The van der Waals surface area contributed by atoms with E-state index in [1.165, 1.54) is 0 Å². The lowest BCUT2D eigenvalue weighted by atomic mass is 10.1. The number of methoxy groups -OCH3 is 1. The quantitative estimate of drug-likeness (QED) is 0.701. The summed E-state index contributed by atoms with van der Waals surface area (Å²) in [7, 11) is 1.61. The fourth-order valence-electron chi connectivity index (χ4n) is 3.55. The zero-order valence-electron chi connectivity index (χ0n) is 16.0. The number of hydrogen-bond acceptors (Lipinski definition) is 4. The maximum Gasteiger partial charge on any atom is 0.290 e. The van der Waals surface area contributed by atoms with E-state index in [1.807, 2.05) is 55.5 Å². The molecule has 2 heterocycles. The standard InChI is InChI=1S/C22H22N2O4/c1-15-18-14-17(27-2)8-9-19(18)28-20(15)22(26)24-12-10-23(11-13-24)21(25)16-6-4-3-5-7-16/h3-9,14H,10-13H2,1-2H3. The number of carbonyl (C=O) groups excluding carboxylic acids is 2. The first kappa shape index (κ1) is 18.1. The summed E-state index contributed by atoms with van der Waals surface area (Å²) in [5, 5.41) is 0.876. The number of rotatable bonds is 3. The number of ether oxygens (including phenoxy) is 1. The largest absolute Gasteiger partial charge is 0.497 e. The Morgan fingerprint density at radius 3 is 2.21 bits per heavy atom. The van der Waals surface area contributed by atoms with Gasteiger partial charge in [0.15, 0.2) is 5.76 Å². The monoisotopic (exact) mass is 378 g/mol. The molecular weight excluding hydrogens is 356 g/mol. The molecule has 1 aliphatic heterocycles. The van der Waals surface area contributed by atoms with Gasteiger partial charge in [0.2, 0.25) is 0 Å². The minimum atomic E-state index is -0.139. The first-order valence-corrected chi connectivity index (χ1v) is 9.29. The van der Waals surface area contributed by atoms with E-state index < -0.39 is 0 Å². The van der Waals surface area contributed by atoms with E-state index in [0.29, 0.717) is 43.1 Å². The van der Waals surface area contributed by atoms with Gasteiger partial charge in [0.05, 0.1) is 7.11 Å². The number of furan rings is 1. The molecule has 144 valence electrons. The van der Waals surface area contributed by atoms with Gasteiger partial charge in [0, 0.05) is 42.7 Å². The topological polar surface area (TPSA) is 63.0 Å². The number of aryl methyl sites for hydroxylation is 1. The predicted molar refractivity (Wildman–Crippen MR) is 106 cm³/mol. The van der Waals surface area contributed by atoms with Crippen molar-refractivity contribution in [2.45, 2.75) is 6.92 Å². The molecular formula is C22H22N2O4. The van der Waals surface area contributed by atoms with E-state index in [-0.39, 0.29) is 11.8 Å². The van der Waals surface area contributed by atoms with Gasteiger partial charge in [-0.15, -0.1) is 0 Å². The van der Waals surface area contributed by atoms with E-state index in [9.17, 15) is 9.59 Å². The molecule has 2 amide bonds. The van der Waals surface area contributed by atoms with E-state index in [1.54, 1.807) is 16.9 Å². The van der Waals surface area contributed by atoms with Gasteiger partial charge in [-0.05, 0) is 37.3 Å². The Morgan fingerprint density at radius 2 is 1.57 bits per heavy atom. The van der Waals surface area contributed by atoms with Crippen molar-refractivity contribution in [1.29, 1.82) is 0 Å². The van der Waals surface area contributed by atoms with Crippen molar-refractivity contribution < 1.29 is 18.7 Å². The molecule has 0 saturated carbocycles. The highest BCUT2D eigenvalue weighted by molar-refractivity contribution is 5.99. The van der Waals surface area contributed by atoms with Gasteiger partial charge in [-0.1, -0.05) is 18.2 Å². The lowest BCUT2D eigenvalue weighted by Crippen LogP contribution is -2.50. The molecule has 1 aliphatic rings. The van der Waals surface area contributed by atoms with Crippen LogP contribution in [0.15, 0.2) is 52.9 Å². The molecule has 1 saturated heterocycles. The minimum absolute atomic E-state index is 0.000267. The average Bonchev–Trinajstić information content (AvgIpc) is 3.09. The summed E-state index contributed by atoms with van der Waals surface area (Å²) in [4.78, 5) is 29.1. The normalized spacial score (nSPS) is 14.4. The smallest absolute Gasteiger partial charge is 0.290 e. The van der Waals surface area contributed by atoms with Crippen molar-refractivity contribution >= 4 is 22.8 Å². The Balaban J connectivity index is 1.48. The molecule has 0 radical (unpaired) electrons. The number of hydrogen-bond donors (Lipinski definition) is 0. The molecule has 28 heavy (non-hydrogen) atoms. The molecule has 0 aliphatic carbocycles. The summed E-state index contributed by atoms with van der Waals surface area (Å²) in [5.41, 5.74) is 2.14. The van der Waals surface area contributed by atoms with E-state index in [0.717, 1.165) is 16.7 Å². The fourth-order valence-corrected chi connectivity index (χ4v) is 3.55. The molecule has 1 fully saturated rings. The van der Waals surface area contributed by atoms with E-state index >= 15 is 0 Å². The molecule has 4 rings (SSSR count). The average molecular weight is 378 g/mol. The van der Waals surface area contributed by atoms with Gasteiger partial charge < -0.3 is 19.0 Å². The van der Waals surface area contributed by atoms with Crippen molar-refractivity contribution in [3.8, 4) is 5.75 Å². The molecule has 0 spiro atoms. The molecule has 0 bridgehead atoms. The molecule has 0 atom stereocenters. The van der Waals surface area contributed by atoms with Crippen LogP contribution in [0.2, 0.25) is 0 Å². The summed E-state index contributed by atoms with van der Waals surface area (Å²) in [6, 6.07) is 14.7. The van der Waals surface area contributed by atoms with Gasteiger partial charge in [0.1, 0.15) is 11.3 Å². The van der Waals surface area contributed by atoms with Crippen LogP contribution >= 0.6 is 0 Å². The number of fused-ring (bicyclic) bond motifs is 1. The van der Waals surface area contributed by atoms with Gasteiger partial charge in [-0.2, -0.15) is 0 Å². The molecule has 1 aromatic heterocycles. The highest BCUT2D eigenvalue weighted by Gasteiger charge is 2.28.